The van der Waals surface area contributed by atoms with E-state index in [0.29, 0.717) is 11.4 Å². The van der Waals surface area contributed by atoms with Crippen molar-refractivity contribution in [3.05, 3.63) is 58.9 Å². The minimum Gasteiger partial charge on any atom is -0.497 e. The largest absolute Gasteiger partial charge is 0.497 e. The van der Waals surface area contributed by atoms with Crippen LogP contribution < -0.4 is 14.4 Å². The van der Waals surface area contributed by atoms with Gasteiger partial charge in [0.2, 0.25) is 4.77 Å². The lowest BCUT2D eigenvalue weighted by Crippen LogP contribution is -3.07. The van der Waals surface area contributed by atoms with Crippen LogP contribution in [0, 0.1) is 4.77 Å². The maximum absolute atomic E-state index is 5.59. The van der Waals surface area contributed by atoms with Crippen molar-refractivity contribution < 1.29 is 14.4 Å². The van der Waals surface area contributed by atoms with Crippen LogP contribution in [0.15, 0.2) is 48.5 Å². The van der Waals surface area contributed by atoms with Crippen molar-refractivity contribution in [2.24, 2.45) is 7.05 Å². The number of hydrogen-bond donors (Lipinski definition) is 1. The highest BCUT2D eigenvalue weighted by Crippen LogP contribution is 2.20. The maximum Gasteiger partial charge on any atom is 0.202 e. The van der Waals surface area contributed by atoms with Crippen LogP contribution in [0.3, 0.4) is 0 Å². The minimum atomic E-state index is 0.689. The van der Waals surface area contributed by atoms with Crippen LogP contribution in [-0.2, 0) is 20.3 Å². The second-order valence-corrected chi connectivity index (χ2v) is 6.90. The van der Waals surface area contributed by atoms with Crippen LogP contribution in [0.5, 0.6) is 11.5 Å². The lowest BCUT2D eigenvalue weighted by molar-refractivity contribution is -0.917. The first kappa shape index (κ1) is 19.1. The molecule has 1 atom stereocenters. The average molecular weight is 386 g/mol. The number of quaternary nitrogens is 1. The summed E-state index contributed by atoms with van der Waals surface area (Å²) in [6.45, 7) is 1.56. The van der Waals surface area contributed by atoms with Crippen molar-refractivity contribution in [3.8, 4) is 22.9 Å². The van der Waals surface area contributed by atoms with Gasteiger partial charge in [0.05, 0.1) is 21.3 Å². The molecule has 0 bridgehead atoms. The lowest BCUT2D eigenvalue weighted by atomic mass is 10.2. The van der Waals surface area contributed by atoms with E-state index in [1.54, 1.807) is 14.2 Å². The summed E-state index contributed by atoms with van der Waals surface area (Å²) in [5, 5.41) is 4.74. The Labute approximate surface area is 164 Å². The highest BCUT2D eigenvalue weighted by atomic mass is 32.1. The maximum atomic E-state index is 5.59. The van der Waals surface area contributed by atoms with Gasteiger partial charge in [-0.3, -0.25) is 0 Å². The Hall–Kier alpha value is -2.64. The van der Waals surface area contributed by atoms with E-state index < -0.39 is 0 Å². The van der Waals surface area contributed by atoms with E-state index >= 15 is 0 Å². The molecule has 0 aliphatic rings. The van der Waals surface area contributed by atoms with Gasteiger partial charge < -0.3 is 18.9 Å². The third-order valence-corrected chi connectivity index (χ3v) is 4.96. The molecular weight excluding hydrogens is 360 g/mol. The summed E-state index contributed by atoms with van der Waals surface area (Å²) < 4.78 is 15.0. The SMILES string of the molecule is COc1ccc(C[NH+](C)Cn2nc(-c3ccc(OC)cc3)n(C)c2=S)cc1. The summed E-state index contributed by atoms with van der Waals surface area (Å²) in [6.07, 6.45) is 0. The van der Waals surface area contributed by atoms with Crippen LogP contribution in [-0.4, -0.2) is 35.6 Å². The smallest absolute Gasteiger partial charge is 0.202 e. The Morgan fingerprint density at radius 1 is 0.963 bits per heavy atom. The molecule has 142 valence electrons. The average Bonchev–Trinajstić information content (AvgIpc) is 2.97. The van der Waals surface area contributed by atoms with Crippen molar-refractivity contribution in [3.63, 3.8) is 0 Å². The highest BCUT2D eigenvalue weighted by Gasteiger charge is 2.13. The molecule has 3 rings (SSSR count). The fourth-order valence-corrected chi connectivity index (χ4v) is 3.18. The third kappa shape index (κ3) is 4.37. The molecule has 0 saturated carbocycles. The molecule has 0 fully saturated rings. The number of benzene rings is 2. The molecular formula is C20H25N4O2S+. The number of rotatable bonds is 7. The van der Waals surface area contributed by atoms with Crippen molar-refractivity contribution in [1.82, 2.24) is 14.3 Å². The molecule has 6 nitrogen and oxygen atoms in total. The molecule has 1 aromatic heterocycles. The number of nitrogens with one attached hydrogen (secondary N) is 1. The van der Waals surface area contributed by atoms with Crippen LogP contribution in [0.4, 0.5) is 0 Å². The summed E-state index contributed by atoms with van der Waals surface area (Å²) in [7, 11) is 7.42. The summed E-state index contributed by atoms with van der Waals surface area (Å²) >= 11 is 5.59. The standard InChI is InChI=1S/C20H24N4O2S/c1-22(13-15-5-9-17(25-3)10-6-15)14-24-20(27)23(2)19(21-24)16-7-11-18(26-4)12-8-16/h5-12H,13-14H2,1-4H3/p+1. The predicted molar refractivity (Wildman–Crippen MR) is 108 cm³/mol. The molecule has 27 heavy (non-hydrogen) atoms. The van der Waals surface area contributed by atoms with E-state index in [2.05, 4.69) is 19.2 Å². The van der Waals surface area contributed by atoms with Gasteiger partial charge in [0.1, 0.15) is 18.0 Å². The fourth-order valence-electron chi connectivity index (χ4n) is 2.99. The molecule has 0 radical (unpaired) electrons. The van der Waals surface area contributed by atoms with Gasteiger partial charge in [-0.25, -0.2) is 0 Å². The summed E-state index contributed by atoms with van der Waals surface area (Å²) in [5.74, 6) is 2.54. The Balaban J connectivity index is 1.75. The highest BCUT2D eigenvalue weighted by molar-refractivity contribution is 7.71. The predicted octanol–water partition coefficient (Wildman–Crippen LogP) is 2.31. The normalized spacial score (nSPS) is 12.0. The number of hydrogen-bond acceptors (Lipinski definition) is 4. The van der Waals surface area contributed by atoms with E-state index in [9.17, 15) is 0 Å². The van der Waals surface area contributed by atoms with Gasteiger partial charge in [-0.15, -0.1) is 5.10 Å². The molecule has 1 N–H and O–H groups in total. The van der Waals surface area contributed by atoms with Crippen molar-refractivity contribution in [1.29, 1.82) is 0 Å². The molecule has 2 aromatic carbocycles. The topological polar surface area (TPSA) is 45.6 Å². The first-order valence-electron chi connectivity index (χ1n) is 8.74. The summed E-state index contributed by atoms with van der Waals surface area (Å²) in [5.41, 5.74) is 2.25. The Morgan fingerprint density at radius 3 is 2.07 bits per heavy atom. The number of aromatic nitrogens is 3. The lowest BCUT2D eigenvalue weighted by Gasteiger charge is -2.14. The number of ether oxygens (including phenoxy) is 2. The molecule has 0 aliphatic carbocycles. The van der Waals surface area contributed by atoms with E-state index in [1.165, 1.54) is 10.5 Å². The van der Waals surface area contributed by atoms with Crippen LogP contribution in [0.25, 0.3) is 11.4 Å². The van der Waals surface area contributed by atoms with Gasteiger partial charge in [0.25, 0.3) is 0 Å². The van der Waals surface area contributed by atoms with E-state index in [0.717, 1.165) is 29.4 Å². The van der Waals surface area contributed by atoms with Crippen molar-refractivity contribution in [2.75, 3.05) is 21.3 Å². The summed E-state index contributed by atoms with van der Waals surface area (Å²) in [4.78, 5) is 1.29. The van der Waals surface area contributed by atoms with Crippen LogP contribution in [0.2, 0.25) is 0 Å². The van der Waals surface area contributed by atoms with E-state index in [1.807, 2.05) is 52.7 Å². The number of nitrogens with zero attached hydrogens (tertiary/aromatic N) is 3. The zero-order chi connectivity index (χ0) is 19.4. The summed E-state index contributed by atoms with van der Waals surface area (Å²) in [6, 6.07) is 16.0. The molecule has 3 aromatic rings. The van der Waals surface area contributed by atoms with Gasteiger partial charge in [-0.2, -0.15) is 4.68 Å². The fraction of sp³-hybridized carbons (Fsp3) is 0.300. The van der Waals surface area contributed by atoms with Crippen molar-refractivity contribution in [2.45, 2.75) is 13.2 Å². The van der Waals surface area contributed by atoms with Gasteiger partial charge in [-0.05, 0) is 60.7 Å². The molecule has 1 heterocycles. The van der Waals surface area contributed by atoms with E-state index in [4.69, 9.17) is 26.8 Å². The molecule has 0 spiro atoms. The Kier molecular flexibility index (Phi) is 5.93. The molecule has 0 saturated heterocycles. The van der Waals surface area contributed by atoms with Crippen LogP contribution >= 0.6 is 12.2 Å². The molecule has 0 aliphatic heterocycles. The third-order valence-electron chi connectivity index (χ3n) is 4.47. The zero-order valence-corrected chi connectivity index (χ0v) is 16.9. The molecule has 7 heteroatoms. The van der Waals surface area contributed by atoms with Gasteiger partial charge in [-0.1, -0.05) is 0 Å². The Bertz CT molecular complexity index is 946. The first-order chi connectivity index (χ1) is 13.0. The van der Waals surface area contributed by atoms with Crippen LogP contribution in [0.1, 0.15) is 5.56 Å². The quantitative estimate of drug-likeness (QED) is 0.634. The molecule has 0 amide bonds. The number of methoxy groups -OCH3 is 2. The van der Waals surface area contributed by atoms with E-state index in [-0.39, 0.29) is 0 Å². The monoisotopic (exact) mass is 385 g/mol. The zero-order valence-electron chi connectivity index (χ0n) is 16.1. The van der Waals surface area contributed by atoms with Gasteiger partial charge in [0.15, 0.2) is 12.5 Å². The minimum absolute atomic E-state index is 0.689. The second kappa shape index (κ2) is 8.37. The van der Waals surface area contributed by atoms with Gasteiger partial charge >= 0.3 is 0 Å². The Morgan fingerprint density at radius 2 is 1.52 bits per heavy atom. The first-order valence-corrected chi connectivity index (χ1v) is 9.15. The second-order valence-electron chi connectivity index (χ2n) is 6.53. The van der Waals surface area contributed by atoms with Gasteiger partial charge in [0, 0.05) is 18.2 Å². The van der Waals surface area contributed by atoms with Crippen molar-refractivity contribution >= 4 is 12.2 Å². The molecule has 1 unspecified atom stereocenters.